The van der Waals surface area contributed by atoms with Crippen molar-refractivity contribution in [1.82, 2.24) is 4.90 Å². The van der Waals surface area contributed by atoms with Crippen LogP contribution in [0.2, 0.25) is 0 Å². The highest BCUT2D eigenvalue weighted by Crippen LogP contribution is 2.17. The molecule has 1 aromatic rings. The lowest BCUT2D eigenvalue weighted by molar-refractivity contribution is -0.138. The van der Waals surface area contributed by atoms with Gasteiger partial charge in [-0.3, -0.25) is 9.69 Å². The fourth-order valence-electron chi connectivity index (χ4n) is 2.08. The molecule has 0 amide bonds. The van der Waals surface area contributed by atoms with E-state index in [0.29, 0.717) is 6.04 Å². The molecule has 1 unspecified atom stereocenters. The second-order valence-electron chi connectivity index (χ2n) is 5.44. The van der Waals surface area contributed by atoms with Crippen LogP contribution < -0.4 is 0 Å². The maximum absolute atomic E-state index is 10.9. The fourth-order valence-corrected chi connectivity index (χ4v) is 2.08. The number of aliphatic hydroxyl groups is 1. The molecule has 2 N–H and O–H groups in total. The Bertz CT molecular complexity index is 414. The summed E-state index contributed by atoms with van der Waals surface area (Å²) in [5, 5.41) is 17.9. The molecule has 0 saturated carbocycles. The summed E-state index contributed by atoms with van der Waals surface area (Å²) in [7, 11) is 0. The van der Waals surface area contributed by atoms with E-state index in [-0.39, 0.29) is 6.61 Å². The van der Waals surface area contributed by atoms with Crippen molar-refractivity contribution in [3.8, 4) is 0 Å². The van der Waals surface area contributed by atoms with Crippen molar-refractivity contribution in [2.24, 2.45) is 0 Å². The average Bonchev–Trinajstić information content (AvgIpc) is 2.42. The SMILES string of the molecule is CC(C(=O)O)c1ccc(CN(CCCO)C(C)C)cc1. The molecule has 112 valence electrons. The quantitative estimate of drug-likeness (QED) is 0.767. The third-order valence-corrected chi connectivity index (χ3v) is 3.57. The molecule has 0 fully saturated rings. The zero-order valence-electron chi connectivity index (χ0n) is 12.5. The number of nitrogens with zero attached hydrogens (tertiary/aromatic N) is 1. The van der Waals surface area contributed by atoms with Gasteiger partial charge in [-0.1, -0.05) is 24.3 Å². The normalized spacial score (nSPS) is 12.9. The maximum Gasteiger partial charge on any atom is 0.310 e. The van der Waals surface area contributed by atoms with Crippen LogP contribution in [0.5, 0.6) is 0 Å². The summed E-state index contributed by atoms with van der Waals surface area (Å²) >= 11 is 0. The minimum atomic E-state index is -0.801. The number of aliphatic carboxylic acids is 1. The van der Waals surface area contributed by atoms with Gasteiger partial charge in [0, 0.05) is 25.7 Å². The van der Waals surface area contributed by atoms with Gasteiger partial charge in [-0.25, -0.2) is 0 Å². The first-order valence-corrected chi connectivity index (χ1v) is 7.12. The Hall–Kier alpha value is -1.39. The summed E-state index contributed by atoms with van der Waals surface area (Å²) in [6.07, 6.45) is 0.770. The van der Waals surface area contributed by atoms with Crippen LogP contribution in [0.15, 0.2) is 24.3 Å². The van der Waals surface area contributed by atoms with E-state index in [4.69, 9.17) is 10.2 Å². The average molecular weight is 279 g/mol. The lowest BCUT2D eigenvalue weighted by atomic mass is 10.00. The van der Waals surface area contributed by atoms with Crippen molar-refractivity contribution >= 4 is 5.97 Å². The van der Waals surface area contributed by atoms with Gasteiger partial charge in [0.15, 0.2) is 0 Å². The van der Waals surface area contributed by atoms with Gasteiger partial charge in [0.1, 0.15) is 0 Å². The van der Waals surface area contributed by atoms with Crippen LogP contribution in [0.25, 0.3) is 0 Å². The van der Waals surface area contributed by atoms with Gasteiger partial charge < -0.3 is 10.2 Å². The largest absolute Gasteiger partial charge is 0.481 e. The van der Waals surface area contributed by atoms with Crippen molar-refractivity contribution in [2.75, 3.05) is 13.2 Å². The number of hydrogen-bond acceptors (Lipinski definition) is 3. The second-order valence-corrected chi connectivity index (χ2v) is 5.44. The molecule has 1 rings (SSSR count). The molecular formula is C16H25NO3. The van der Waals surface area contributed by atoms with Crippen LogP contribution in [0, 0.1) is 0 Å². The van der Waals surface area contributed by atoms with Gasteiger partial charge in [-0.15, -0.1) is 0 Å². The third-order valence-electron chi connectivity index (χ3n) is 3.57. The number of hydrogen-bond donors (Lipinski definition) is 2. The molecule has 1 aromatic carbocycles. The molecule has 0 saturated heterocycles. The predicted molar refractivity (Wildman–Crippen MR) is 79.7 cm³/mol. The van der Waals surface area contributed by atoms with Gasteiger partial charge in [-0.05, 0) is 38.3 Å². The van der Waals surface area contributed by atoms with Crippen LogP contribution in [0.4, 0.5) is 0 Å². The molecule has 0 aliphatic carbocycles. The van der Waals surface area contributed by atoms with Gasteiger partial charge in [0.05, 0.1) is 5.92 Å². The molecule has 0 bridgehead atoms. The number of carboxylic acid groups (broad SMARTS) is 1. The summed E-state index contributed by atoms with van der Waals surface area (Å²) < 4.78 is 0. The summed E-state index contributed by atoms with van der Waals surface area (Å²) in [5.74, 6) is -1.27. The highest BCUT2D eigenvalue weighted by atomic mass is 16.4. The molecular weight excluding hydrogens is 254 g/mol. The van der Waals surface area contributed by atoms with Crippen LogP contribution >= 0.6 is 0 Å². The monoisotopic (exact) mass is 279 g/mol. The minimum absolute atomic E-state index is 0.207. The van der Waals surface area contributed by atoms with Crippen LogP contribution in [-0.2, 0) is 11.3 Å². The highest BCUT2D eigenvalue weighted by molar-refractivity contribution is 5.75. The zero-order valence-corrected chi connectivity index (χ0v) is 12.5. The lowest BCUT2D eigenvalue weighted by Gasteiger charge is -2.26. The summed E-state index contributed by atoms with van der Waals surface area (Å²) in [6.45, 7) is 7.86. The van der Waals surface area contributed by atoms with E-state index in [0.717, 1.165) is 30.6 Å². The standard InChI is InChI=1S/C16H25NO3/c1-12(2)17(9-4-10-18)11-14-5-7-15(8-6-14)13(3)16(19)20/h5-8,12-13,18H,4,9-11H2,1-3H3,(H,19,20). The predicted octanol–water partition coefficient (Wildman–Crippen LogP) is 2.47. The number of benzene rings is 1. The first kappa shape index (κ1) is 16.7. The summed E-state index contributed by atoms with van der Waals surface area (Å²) in [4.78, 5) is 13.2. The fraction of sp³-hybridized carbons (Fsp3) is 0.562. The van der Waals surface area contributed by atoms with Crippen LogP contribution in [-0.4, -0.2) is 40.3 Å². The molecule has 0 aliphatic rings. The Morgan fingerprint density at radius 3 is 2.25 bits per heavy atom. The van der Waals surface area contributed by atoms with Gasteiger partial charge in [0.2, 0.25) is 0 Å². The highest BCUT2D eigenvalue weighted by Gasteiger charge is 2.14. The summed E-state index contributed by atoms with van der Waals surface area (Å²) in [6, 6.07) is 8.17. The van der Waals surface area contributed by atoms with Crippen molar-refractivity contribution in [2.45, 2.75) is 45.7 Å². The van der Waals surface area contributed by atoms with E-state index in [1.165, 1.54) is 0 Å². The van der Waals surface area contributed by atoms with E-state index in [9.17, 15) is 4.79 Å². The maximum atomic E-state index is 10.9. The number of rotatable bonds is 8. The molecule has 1 atom stereocenters. The Morgan fingerprint density at radius 1 is 1.20 bits per heavy atom. The van der Waals surface area contributed by atoms with Gasteiger partial charge in [0.25, 0.3) is 0 Å². The minimum Gasteiger partial charge on any atom is -0.481 e. The third kappa shape index (κ3) is 4.94. The molecule has 0 radical (unpaired) electrons. The molecule has 0 spiro atoms. The smallest absolute Gasteiger partial charge is 0.310 e. The van der Waals surface area contributed by atoms with Gasteiger partial charge in [-0.2, -0.15) is 0 Å². The van der Waals surface area contributed by atoms with Crippen molar-refractivity contribution in [1.29, 1.82) is 0 Å². The zero-order chi connectivity index (χ0) is 15.1. The number of carbonyl (C=O) groups is 1. The van der Waals surface area contributed by atoms with Crippen LogP contribution in [0.3, 0.4) is 0 Å². The van der Waals surface area contributed by atoms with E-state index in [1.54, 1.807) is 6.92 Å². The molecule has 0 aliphatic heterocycles. The Labute approximate surface area is 121 Å². The van der Waals surface area contributed by atoms with Crippen LogP contribution in [0.1, 0.15) is 44.2 Å². The Balaban J connectivity index is 2.70. The van der Waals surface area contributed by atoms with Crippen molar-refractivity contribution in [3.63, 3.8) is 0 Å². The first-order valence-electron chi connectivity index (χ1n) is 7.12. The van der Waals surface area contributed by atoms with E-state index in [1.807, 2.05) is 24.3 Å². The number of carboxylic acids is 1. The molecule has 4 nitrogen and oxygen atoms in total. The Kier molecular flexibility index (Phi) is 6.68. The van der Waals surface area contributed by atoms with E-state index < -0.39 is 11.9 Å². The molecule has 20 heavy (non-hydrogen) atoms. The van der Waals surface area contributed by atoms with E-state index in [2.05, 4.69) is 18.7 Å². The lowest BCUT2D eigenvalue weighted by Crippen LogP contribution is -2.31. The first-order chi connectivity index (χ1) is 9.45. The number of aliphatic hydroxyl groups excluding tert-OH is 1. The van der Waals surface area contributed by atoms with E-state index >= 15 is 0 Å². The summed E-state index contributed by atoms with van der Waals surface area (Å²) in [5.41, 5.74) is 1.99. The molecule has 0 heterocycles. The topological polar surface area (TPSA) is 60.8 Å². The van der Waals surface area contributed by atoms with Gasteiger partial charge >= 0.3 is 5.97 Å². The molecule has 4 heteroatoms. The Morgan fingerprint density at radius 2 is 1.80 bits per heavy atom. The van der Waals surface area contributed by atoms with Crippen molar-refractivity contribution in [3.05, 3.63) is 35.4 Å². The molecule has 0 aromatic heterocycles. The second kappa shape index (κ2) is 8.02. The van der Waals surface area contributed by atoms with Crippen molar-refractivity contribution < 1.29 is 15.0 Å².